The van der Waals surface area contributed by atoms with E-state index in [1.165, 1.54) is 17.0 Å². The largest absolute Gasteiger partial charge is 0.507 e. The van der Waals surface area contributed by atoms with E-state index in [-0.39, 0.29) is 17.7 Å². The van der Waals surface area contributed by atoms with Crippen LogP contribution >= 0.6 is 0 Å². The SMILES string of the molecule is Cc1ccc(C(O)=C2C(=O)C(=O)N(Cc3cccnc3)[C@@H]2c2ccc(OCc3ccccc3)cc2)cc1F. The summed E-state index contributed by atoms with van der Waals surface area (Å²) in [6.07, 6.45) is 3.24. The molecule has 1 aliphatic heterocycles. The van der Waals surface area contributed by atoms with Crippen molar-refractivity contribution in [3.63, 3.8) is 0 Å². The van der Waals surface area contributed by atoms with Gasteiger partial charge in [-0.25, -0.2) is 4.39 Å². The molecule has 1 saturated heterocycles. The van der Waals surface area contributed by atoms with Crippen LogP contribution in [0.25, 0.3) is 5.76 Å². The van der Waals surface area contributed by atoms with E-state index >= 15 is 0 Å². The molecule has 0 saturated carbocycles. The molecule has 38 heavy (non-hydrogen) atoms. The summed E-state index contributed by atoms with van der Waals surface area (Å²) in [5, 5.41) is 11.2. The van der Waals surface area contributed by atoms with Crippen molar-refractivity contribution in [1.82, 2.24) is 9.88 Å². The minimum Gasteiger partial charge on any atom is -0.507 e. The first-order valence-corrected chi connectivity index (χ1v) is 12.1. The zero-order valence-corrected chi connectivity index (χ0v) is 20.7. The van der Waals surface area contributed by atoms with Crippen molar-refractivity contribution in [3.05, 3.63) is 137 Å². The molecule has 2 heterocycles. The topological polar surface area (TPSA) is 79.7 Å². The van der Waals surface area contributed by atoms with Gasteiger partial charge in [-0.15, -0.1) is 0 Å². The first-order chi connectivity index (χ1) is 18.4. The minimum atomic E-state index is -0.886. The number of Topliss-reactive ketones (excluding diaryl/α,β-unsaturated/α-hetero) is 1. The summed E-state index contributed by atoms with van der Waals surface area (Å²) in [4.78, 5) is 31.9. The third kappa shape index (κ3) is 5.04. The fourth-order valence-corrected chi connectivity index (χ4v) is 4.46. The van der Waals surface area contributed by atoms with Gasteiger partial charge in [-0.2, -0.15) is 0 Å². The van der Waals surface area contributed by atoms with Gasteiger partial charge >= 0.3 is 0 Å². The van der Waals surface area contributed by atoms with Crippen LogP contribution in [0.15, 0.2) is 103 Å². The number of halogens is 1. The van der Waals surface area contributed by atoms with Gasteiger partial charge in [-0.1, -0.05) is 60.7 Å². The molecule has 6 nitrogen and oxygen atoms in total. The van der Waals surface area contributed by atoms with Gasteiger partial charge in [0.05, 0.1) is 11.6 Å². The van der Waals surface area contributed by atoms with Crippen molar-refractivity contribution in [2.45, 2.75) is 26.1 Å². The number of aromatic nitrogens is 1. The molecule has 4 aromatic rings. The number of amides is 1. The highest BCUT2D eigenvalue weighted by atomic mass is 19.1. The van der Waals surface area contributed by atoms with Crippen molar-refractivity contribution in [2.24, 2.45) is 0 Å². The lowest BCUT2D eigenvalue weighted by molar-refractivity contribution is -0.140. The Bertz CT molecular complexity index is 1500. The number of carbonyl (C=O) groups is 2. The molecule has 0 bridgehead atoms. The van der Waals surface area contributed by atoms with E-state index in [1.54, 1.807) is 55.7 Å². The van der Waals surface area contributed by atoms with Crippen LogP contribution in [-0.2, 0) is 22.7 Å². The average Bonchev–Trinajstić information content (AvgIpc) is 3.19. The Balaban J connectivity index is 1.52. The number of aliphatic hydroxyl groups is 1. The van der Waals surface area contributed by atoms with Crippen molar-refractivity contribution in [1.29, 1.82) is 0 Å². The maximum Gasteiger partial charge on any atom is 0.295 e. The summed E-state index contributed by atoms with van der Waals surface area (Å²) in [6.45, 7) is 2.10. The number of ketones is 1. The average molecular weight is 509 g/mol. The summed E-state index contributed by atoms with van der Waals surface area (Å²) in [7, 11) is 0. The van der Waals surface area contributed by atoms with Gasteiger partial charge in [-0.3, -0.25) is 14.6 Å². The maximum absolute atomic E-state index is 14.3. The zero-order valence-electron chi connectivity index (χ0n) is 20.7. The standard InChI is InChI=1S/C31H25FN2O4/c1-20-9-10-24(16-26(20)32)29(35)27-28(34(31(37)30(27)36)18-22-8-5-15-33-17-22)23-11-13-25(14-12-23)38-19-21-6-3-2-4-7-21/h2-17,28,35H,18-19H2,1H3/t28-/m1/s1. The van der Waals surface area contributed by atoms with Crippen LogP contribution in [-0.4, -0.2) is 26.7 Å². The van der Waals surface area contributed by atoms with Crippen molar-refractivity contribution < 1.29 is 23.8 Å². The zero-order chi connectivity index (χ0) is 26.6. The van der Waals surface area contributed by atoms with Crippen molar-refractivity contribution >= 4 is 17.4 Å². The molecular formula is C31H25FN2O4. The number of aliphatic hydroxyl groups excluding tert-OH is 1. The molecule has 1 atom stereocenters. The molecule has 190 valence electrons. The smallest absolute Gasteiger partial charge is 0.295 e. The Labute approximate surface area is 219 Å². The number of likely N-dealkylation sites (tertiary alicyclic amines) is 1. The Morgan fingerprint density at radius 2 is 1.71 bits per heavy atom. The highest BCUT2D eigenvalue weighted by molar-refractivity contribution is 6.46. The lowest BCUT2D eigenvalue weighted by atomic mass is 9.94. The van der Waals surface area contributed by atoms with Crippen LogP contribution < -0.4 is 4.74 Å². The van der Waals surface area contributed by atoms with E-state index < -0.39 is 29.3 Å². The van der Waals surface area contributed by atoms with Gasteiger partial charge in [0, 0.05) is 24.5 Å². The van der Waals surface area contributed by atoms with E-state index in [1.807, 2.05) is 30.3 Å². The van der Waals surface area contributed by atoms with Crippen LogP contribution in [0, 0.1) is 12.7 Å². The Morgan fingerprint density at radius 3 is 2.39 bits per heavy atom. The number of pyridine rings is 1. The fraction of sp³-hybridized carbons (Fsp3) is 0.129. The maximum atomic E-state index is 14.3. The number of carbonyl (C=O) groups excluding carboxylic acids is 2. The van der Waals surface area contributed by atoms with E-state index in [2.05, 4.69) is 4.98 Å². The lowest BCUT2D eigenvalue weighted by Gasteiger charge is -2.25. The number of aryl methyl sites for hydroxylation is 1. The molecule has 5 rings (SSSR count). The quantitative estimate of drug-likeness (QED) is 0.196. The predicted octanol–water partition coefficient (Wildman–Crippen LogP) is 5.73. The first kappa shape index (κ1) is 24.9. The van der Waals surface area contributed by atoms with Gasteiger partial charge in [0.1, 0.15) is 23.9 Å². The number of nitrogens with zero attached hydrogens (tertiary/aromatic N) is 2. The van der Waals surface area contributed by atoms with Crippen molar-refractivity contribution in [2.75, 3.05) is 0 Å². The second kappa shape index (κ2) is 10.7. The molecule has 1 fully saturated rings. The molecular weight excluding hydrogens is 483 g/mol. The van der Waals surface area contributed by atoms with Crippen molar-refractivity contribution in [3.8, 4) is 5.75 Å². The molecule has 0 aliphatic carbocycles. The Hall–Kier alpha value is -4.78. The van der Waals surface area contributed by atoms with Crippen LogP contribution in [0.3, 0.4) is 0 Å². The summed E-state index contributed by atoms with van der Waals surface area (Å²) < 4.78 is 20.2. The molecule has 0 spiro atoms. The summed E-state index contributed by atoms with van der Waals surface area (Å²) >= 11 is 0. The summed E-state index contributed by atoms with van der Waals surface area (Å²) in [5.74, 6) is -1.91. The number of hydrogen-bond donors (Lipinski definition) is 1. The van der Waals surface area contributed by atoms with Crippen LogP contribution in [0.2, 0.25) is 0 Å². The van der Waals surface area contributed by atoms with Crippen LogP contribution in [0.5, 0.6) is 5.75 Å². The molecule has 1 amide bonds. The molecule has 0 unspecified atom stereocenters. The third-order valence-electron chi connectivity index (χ3n) is 6.51. The number of ether oxygens (including phenoxy) is 1. The summed E-state index contributed by atoms with van der Waals surface area (Å²) in [6, 6.07) is 23.7. The van der Waals surface area contributed by atoms with E-state index in [0.29, 0.717) is 23.5 Å². The second-order valence-electron chi connectivity index (χ2n) is 9.10. The normalized spacial score (nSPS) is 16.6. The van der Waals surface area contributed by atoms with Gasteiger partial charge in [0.15, 0.2) is 0 Å². The van der Waals surface area contributed by atoms with E-state index in [9.17, 15) is 19.1 Å². The molecule has 0 radical (unpaired) electrons. The van der Waals surface area contributed by atoms with Gasteiger partial charge in [-0.05, 0) is 53.4 Å². The van der Waals surface area contributed by atoms with Crippen LogP contribution in [0.1, 0.15) is 33.9 Å². The second-order valence-corrected chi connectivity index (χ2v) is 9.10. The summed E-state index contributed by atoms with van der Waals surface area (Å²) in [5.41, 5.74) is 2.78. The minimum absolute atomic E-state index is 0.0971. The highest BCUT2D eigenvalue weighted by Gasteiger charge is 2.46. The number of rotatable bonds is 7. The van der Waals surface area contributed by atoms with E-state index in [0.717, 1.165) is 17.2 Å². The third-order valence-corrected chi connectivity index (χ3v) is 6.51. The highest BCUT2D eigenvalue weighted by Crippen LogP contribution is 2.40. The lowest BCUT2D eigenvalue weighted by Crippen LogP contribution is -2.29. The molecule has 1 aliphatic rings. The first-order valence-electron chi connectivity index (χ1n) is 12.1. The van der Waals surface area contributed by atoms with E-state index in [4.69, 9.17) is 4.74 Å². The molecule has 3 aromatic carbocycles. The molecule has 1 N–H and O–H groups in total. The Kier molecular flexibility index (Phi) is 7.00. The number of benzene rings is 3. The fourth-order valence-electron chi connectivity index (χ4n) is 4.46. The van der Waals surface area contributed by atoms with Gasteiger partial charge < -0.3 is 14.7 Å². The Morgan fingerprint density at radius 1 is 0.974 bits per heavy atom. The van der Waals surface area contributed by atoms with Crippen LogP contribution in [0.4, 0.5) is 4.39 Å². The van der Waals surface area contributed by atoms with Gasteiger partial charge in [0.2, 0.25) is 0 Å². The molecule has 1 aromatic heterocycles. The molecule has 7 heteroatoms. The monoisotopic (exact) mass is 508 g/mol. The number of hydrogen-bond acceptors (Lipinski definition) is 5. The van der Waals surface area contributed by atoms with Gasteiger partial charge in [0.25, 0.3) is 11.7 Å². The predicted molar refractivity (Wildman–Crippen MR) is 140 cm³/mol.